The molecule has 8 aliphatic rings. The molecular weight excluding hydrogens is 961 g/mol. The van der Waals surface area contributed by atoms with E-state index in [9.17, 15) is 66.4 Å². The second-order valence-electron chi connectivity index (χ2n) is 24.8. The van der Waals surface area contributed by atoms with Gasteiger partial charge in [-0.2, -0.15) is 0 Å². The second-order valence-corrected chi connectivity index (χ2v) is 24.8. The topological polar surface area (TPSA) is 337 Å². The van der Waals surface area contributed by atoms with Crippen molar-refractivity contribution in [2.45, 2.75) is 242 Å². The molecule has 0 spiro atoms. The predicted molar refractivity (Wildman–Crippen MR) is 254 cm³/mol. The van der Waals surface area contributed by atoms with Crippen LogP contribution in [0.2, 0.25) is 0 Å². The van der Waals surface area contributed by atoms with Gasteiger partial charge in [-0.05, 0) is 124 Å². The number of hydrogen-bond donors (Lipinski definition) is 13. The van der Waals surface area contributed by atoms with Crippen molar-refractivity contribution in [2.24, 2.45) is 45.3 Å². The Morgan fingerprint density at radius 3 is 1.85 bits per heavy atom. The molecule has 8 fully saturated rings. The number of hydrogen-bond acceptors (Lipinski definition) is 21. The number of fused-ring (bicyclic) bond motifs is 5. The maximum absolute atomic E-state index is 12.8. The van der Waals surface area contributed by atoms with Crippen LogP contribution in [0.4, 0.5) is 0 Å². The van der Waals surface area contributed by atoms with Crippen LogP contribution in [0.25, 0.3) is 0 Å². The minimum absolute atomic E-state index is 0.0916. The van der Waals surface area contributed by atoms with Gasteiger partial charge in [0.25, 0.3) is 0 Å². The van der Waals surface area contributed by atoms with Gasteiger partial charge in [0.15, 0.2) is 25.2 Å². The first-order valence-corrected chi connectivity index (χ1v) is 26.7. The first-order valence-electron chi connectivity index (χ1n) is 26.7. The quantitative estimate of drug-likeness (QED) is 0.0739. The van der Waals surface area contributed by atoms with Gasteiger partial charge in [-0.25, -0.2) is 0 Å². The monoisotopic (exact) mass is 1050 g/mol. The van der Waals surface area contributed by atoms with Gasteiger partial charge >= 0.3 is 0 Å². The molecule has 0 radical (unpaired) electrons. The fraction of sp³-hybridized carbons (Fsp3) is 0.962. The first-order chi connectivity index (χ1) is 34.1. The zero-order valence-electron chi connectivity index (χ0n) is 43.7. The van der Waals surface area contributed by atoms with Crippen LogP contribution < -0.4 is 0 Å². The predicted octanol–water partition coefficient (Wildman–Crippen LogP) is -0.924. The van der Waals surface area contributed by atoms with Gasteiger partial charge in [0.2, 0.25) is 0 Å². The average molecular weight is 1050 g/mol. The molecule has 13 N–H and O–H groups in total. The van der Waals surface area contributed by atoms with Gasteiger partial charge in [0, 0.05) is 0 Å². The summed E-state index contributed by atoms with van der Waals surface area (Å²) >= 11 is 0. The second kappa shape index (κ2) is 21.9. The molecule has 73 heavy (non-hydrogen) atoms. The third-order valence-corrected chi connectivity index (χ3v) is 20.1. The molecule has 422 valence electrons. The summed E-state index contributed by atoms with van der Waals surface area (Å²) in [7, 11) is 0. The van der Waals surface area contributed by atoms with E-state index in [1.165, 1.54) is 0 Å². The molecule has 0 aromatic heterocycles. The Morgan fingerprint density at radius 1 is 0.603 bits per heavy atom. The van der Waals surface area contributed by atoms with Crippen molar-refractivity contribution in [3.8, 4) is 0 Å². The van der Waals surface area contributed by atoms with Crippen LogP contribution in [0.15, 0.2) is 11.6 Å². The van der Waals surface area contributed by atoms with Crippen LogP contribution >= 0.6 is 0 Å². The van der Waals surface area contributed by atoms with E-state index in [2.05, 4.69) is 40.7 Å². The smallest absolute Gasteiger partial charge is 0.187 e. The van der Waals surface area contributed by atoms with E-state index in [0.717, 1.165) is 31.3 Å². The third kappa shape index (κ3) is 10.3. The van der Waals surface area contributed by atoms with Crippen molar-refractivity contribution < 1.29 is 104 Å². The molecule has 4 heterocycles. The molecule has 28 atom stereocenters. The van der Waals surface area contributed by atoms with E-state index in [1.807, 2.05) is 20.8 Å². The van der Waals surface area contributed by atoms with Crippen LogP contribution in [0, 0.1) is 45.3 Å². The molecule has 9 unspecified atom stereocenters. The van der Waals surface area contributed by atoms with Crippen molar-refractivity contribution in [3.05, 3.63) is 11.6 Å². The minimum Gasteiger partial charge on any atom is -0.394 e. The molecule has 4 aliphatic carbocycles. The molecule has 0 aromatic rings. The Kier molecular flexibility index (Phi) is 17.4. The molecule has 21 nitrogen and oxygen atoms in total. The van der Waals surface area contributed by atoms with Gasteiger partial charge < -0.3 is 104 Å². The van der Waals surface area contributed by atoms with Crippen molar-refractivity contribution in [2.75, 3.05) is 26.4 Å². The lowest BCUT2D eigenvalue weighted by atomic mass is 9.35. The maximum atomic E-state index is 12.8. The third-order valence-electron chi connectivity index (χ3n) is 20.1. The van der Waals surface area contributed by atoms with Gasteiger partial charge in [-0.15, -0.1) is 0 Å². The van der Waals surface area contributed by atoms with Gasteiger partial charge in [-0.1, -0.05) is 46.3 Å². The SMILES string of the molecule is CC(C)=CCCC(C)(O[C@@H]1O[C@H](CO[C@H]2OC[C@@H](O)[C@H](O)[C@H]2O)[C@@H](O)[C@H](O)[C@H]1O)C1CCC2(C)C1C(O)CC1C2(C)CCC2C(C)(C)C(O[C@@H]3OC[C@@H](O)[C@@H](O)[C@H]3O[C@@H]3O[C@H](CO)[C@@H](O)[C@H](O)[C@H]3O)CC[C@@]21C. The summed E-state index contributed by atoms with van der Waals surface area (Å²) in [4.78, 5) is 0. The Bertz CT molecular complexity index is 1890. The van der Waals surface area contributed by atoms with Crippen molar-refractivity contribution in [1.82, 2.24) is 0 Å². The molecule has 0 amide bonds. The summed E-state index contributed by atoms with van der Waals surface area (Å²) in [6.45, 7) is 15.7. The van der Waals surface area contributed by atoms with Crippen LogP contribution in [0.3, 0.4) is 0 Å². The summed E-state index contributed by atoms with van der Waals surface area (Å²) in [6.07, 6.45) is -19.8. The average Bonchev–Trinajstić information content (AvgIpc) is 3.72. The number of aliphatic hydroxyl groups is 13. The molecular formula is C52H88O21. The van der Waals surface area contributed by atoms with Crippen LogP contribution in [0.1, 0.15) is 113 Å². The Labute approximate surface area is 428 Å². The molecule has 8 rings (SSSR count). The number of aliphatic hydroxyl groups excluding tert-OH is 13. The summed E-state index contributed by atoms with van der Waals surface area (Å²) in [6, 6.07) is 0. The van der Waals surface area contributed by atoms with Gasteiger partial charge in [0.05, 0.1) is 44.2 Å². The van der Waals surface area contributed by atoms with Crippen LogP contribution in [-0.4, -0.2) is 221 Å². The van der Waals surface area contributed by atoms with E-state index in [1.54, 1.807) is 0 Å². The first kappa shape index (κ1) is 58.1. The van der Waals surface area contributed by atoms with E-state index in [4.69, 9.17) is 37.9 Å². The fourth-order valence-corrected chi connectivity index (χ4v) is 15.7. The van der Waals surface area contributed by atoms with E-state index in [-0.39, 0.29) is 53.1 Å². The molecule has 4 saturated carbocycles. The molecule has 21 heteroatoms. The summed E-state index contributed by atoms with van der Waals surface area (Å²) in [5.74, 6) is -0.256. The Hall–Kier alpha value is -1.10. The zero-order valence-corrected chi connectivity index (χ0v) is 43.7. The summed E-state index contributed by atoms with van der Waals surface area (Å²) < 4.78 is 48.6. The van der Waals surface area contributed by atoms with Crippen molar-refractivity contribution in [3.63, 3.8) is 0 Å². The van der Waals surface area contributed by atoms with Crippen molar-refractivity contribution in [1.29, 1.82) is 0 Å². The standard InChI is InChI=1S/C52H88O21/c1-23(2)10-9-14-52(8,73-46-42(65)39(62)37(60)29(70-46)22-68-44-40(63)34(57)26(55)20-66-44)24-11-16-51(7)33(24)25(54)18-31-49(5)15-13-32(48(3,4)30(49)12-17-50(31,51)6)71-47-43(35(58)27(56)21-67-47)72-45-41(64)38(61)36(59)28(19-53)69-45/h10,24-47,53-65H,9,11-22H2,1-8H3/t24?,25?,26-,27-,28-,29-,30?,31?,32?,33?,34+,35-,36-,37-,38+,39+,40-,41-,42-,43-,44-,45+,46+,47+,49+,50?,51?,52?/m1/s1. The number of rotatable bonds is 14. The van der Waals surface area contributed by atoms with Gasteiger partial charge in [-0.3, -0.25) is 0 Å². The van der Waals surface area contributed by atoms with E-state index >= 15 is 0 Å². The van der Waals surface area contributed by atoms with E-state index in [0.29, 0.717) is 32.1 Å². The highest BCUT2D eigenvalue weighted by Crippen LogP contribution is 2.76. The van der Waals surface area contributed by atoms with Gasteiger partial charge in [0.1, 0.15) is 85.5 Å². The Morgan fingerprint density at radius 2 is 1.19 bits per heavy atom. The molecule has 0 aromatic carbocycles. The highest BCUT2D eigenvalue weighted by Gasteiger charge is 2.72. The van der Waals surface area contributed by atoms with E-state index < -0.39 is 147 Å². The Balaban J connectivity index is 0.998. The summed E-state index contributed by atoms with van der Waals surface area (Å²) in [5, 5.41) is 140. The largest absolute Gasteiger partial charge is 0.394 e. The normalized spacial score (nSPS) is 52.8. The number of allylic oxidation sites excluding steroid dienone is 2. The van der Waals surface area contributed by atoms with Crippen LogP contribution in [0.5, 0.6) is 0 Å². The van der Waals surface area contributed by atoms with Crippen LogP contribution in [-0.2, 0) is 37.9 Å². The lowest BCUT2D eigenvalue weighted by Gasteiger charge is -2.71. The fourth-order valence-electron chi connectivity index (χ4n) is 15.7. The maximum Gasteiger partial charge on any atom is 0.187 e. The van der Waals surface area contributed by atoms with Crippen molar-refractivity contribution >= 4 is 0 Å². The zero-order chi connectivity index (χ0) is 53.5. The highest BCUT2D eigenvalue weighted by molar-refractivity contribution is 5.20. The highest BCUT2D eigenvalue weighted by atomic mass is 16.8. The lowest BCUT2D eigenvalue weighted by Crippen LogP contribution is -2.67. The minimum atomic E-state index is -1.75. The number of ether oxygens (including phenoxy) is 8. The lowest BCUT2D eigenvalue weighted by molar-refractivity contribution is -0.367. The molecule has 4 saturated heterocycles. The molecule has 4 aliphatic heterocycles. The molecule has 0 bridgehead atoms. The summed E-state index contributed by atoms with van der Waals surface area (Å²) in [5.41, 5.74) is -1.26.